The van der Waals surface area contributed by atoms with Gasteiger partial charge in [-0.3, -0.25) is 9.20 Å². The highest BCUT2D eigenvalue weighted by Crippen LogP contribution is 2.35. The van der Waals surface area contributed by atoms with E-state index in [-0.39, 0.29) is 12.0 Å². The molecule has 3 heterocycles. The van der Waals surface area contributed by atoms with Gasteiger partial charge >= 0.3 is 5.97 Å². The van der Waals surface area contributed by atoms with Crippen LogP contribution in [0.15, 0.2) is 30.5 Å². The van der Waals surface area contributed by atoms with Crippen molar-refractivity contribution in [1.82, 2.24) is 18.9 Å². The molecule has 0 aliphatic carbocycles. The lowest BCUT2D eigenvalue weighted by atomic mass is 10.2. The smallest absolute Gasteiger partial charge is 0.311 e. The number of carbonyl (C=O) groups is 1. The Morgan fingerprint density at radius 1 is 1.10 bits per heavy atom. The molecule has 0 spiro atoms. The molecule has 0 saturated heterocycles. The number of hydrogen-bond acceptors (Lipinski definition) is 4. The monoisotopic (exact) mass is 392 g/mol. The van der Waals surface area contributed by atoms with E-state index in [0.717, 1.165) is 59.2 Å². The summed E-state index contributed by atoms with van der Waals surface area (Å²) in [7, 11) is 0. The van der Waals surface area contributed by atoms with Gasteiger partial charge in [-0.2, -0.15) is 0 Å². The van der Waals surface area contributed by atoms with Crippen LogP contribution in [0.5, 0.6) is 5.75 Å². The van der Waals surface area contributed by atoms with Crippen molar-refractivity contribution >= 4 is 33.7 Å². The molecule has 0 aliphatic rings. The summed E-state index contributed by atoms with van der Waals surface area (Å²) >= 11 is 0. The first-order chi connectivity index (χ1) is 14.1. The Hall–Kier alpha value is -2.89. The molecule has 1 atom stereocenters. The zero-order chi connectivity index (χ0) is 20.5. The maximum Gasteiger partial charge on any atom is 0.311 e. The summed E-state index contributed by atoms with van der Waals surface area (Å²) in [5.74, 6) is 1.31. The van der Waals surface area contributed by atoms with Crippen LogP contribution in [0, 0.1) is 0 Å². The van der Waals surface area contributed by atoms with E-state index in [9.17, 15) is 4.79 Å². The van der Waals surface area contributed by atoms with Crippen LogP contribution in [0.3, 0.4) is 0 Å². The first-order valence-corrected chi connectivity index (χ1v) is 10.6. The molecule has 1 unspecified atom stereocenters. The Bertz CT molecular complexity index is 1190. The predicted molar refractivity (Wildman–Crippen MR) is 116 cm³/mol. The molecule has 3 aromatic heterocycles. The second kappa shape index (κ2) is 7.85. The first-order valence-electron chi connectivity index (χ1n) is 10.6. The number of fused-ring (bicyclic) bond motifs is 5. The third-order valence-electron chi connectivity index (χ3n) is 5.47. The third-order valence-corrected chi connectivity index (χ3v) is 5.47. The molecule has 4 rings (SSSR count). The maximum atomic E-state index is 12.3. The number of aryl methyl sites for hydroxylation is 1. The van der Waals surface area contributed by atoms with Gasteiger partial charge in [0.05, 0.1) is 11.0 Å². The molecule has 0 aliphatic heterocycles. The van der Waals surface area contributed by atoms with E-state index < -0.39 is 0 Å². The highest BCUT2D eigenvalue weighted by atomic mass is 16.5. The van der Waals surface area contributed by atoms with E-state index in [1.54, 1.807) is 0 Å². The van der Waals surface area contributed by atoms with Gasteiger partial charge in [-0.1, -0.05) is 32.9 Å². The van der Waals surface area contributed by atoms with Crippen LogP contribution in [0.4, 0.5) is 0 Å². The Labute approximate surface area is 170 Å². The minimum absolute atomic E-state index is 0.220. The van der Waals surface area contributed by atoms with E-state index in [1.165, 1.54) is 0 Å². The molecule has 29 heavy (non-hydrogen) atoms. The SMILES string of the molecule is CCCC(=O)Oc1cn(C(C)CC)c2nc(CCC)n3c4ccccc4nc3c12. The Kier molecular flexibility index (Phi) is 5.26. The van der Waals surface area contributed by atoms with Crippen molar-refractivity contribution in [2.75, 3.05) is 0 Å². The van der Waals surface area contributed by atoms with Crippen molar-refractivity contribution in [2.45, 2.75) is 65.8 Å². The molecule has 6 heteroatoms. The largest absolute Gasteiger partial charge is 0.424 e. The summed E-state index contributed by atoms with van der Waals surface area (Å²) < 4.78 is 10.0. The first kappa shape index (κ1) is 19.4. The van der Waals surface area contributed by atoms with E-state index >= 15 is 0 Å². The fraction of sp³-hybridized carbons (Fsp3) is 0.435. The maximum absolute atomic E-state index is 12.3. The Balaban J connectivity index is 2.09. The van der Waals surface area contributed by atoms with E-state index in [0.29, 0.717) is 12.2 Å². The van der Waals surface area contributed by atoms with Crippen LogP contribution in [0.25, 0.3) is 27.7 Å². The van der Waals surface area contributed by atoms with E-state index in [1.807, 2.05) is 31.3 Å². The number of benzene rings is 1. The minimum Gasteiger partial charge on any atom is -0.424 e. The lowest BCUT2D eigenvalue weighted by Gasteiger charge is -2.13. The number of nitrogens with zero attached hydrogens (tertiary/aromatic N) is 4. The second-order valence-corrected chi connectivity index (χ2v) is 7.62. The quantitative estimate of drug-likeness (QED) is 0.392. The van der Waals surface area contributed by atoms with Gasteiger partial charge in [-0.05, 0) is 38.3 Å². The van der Waals surface area contributed by atoms with Crippen LogP contribution in [0.1, 0.15) is 65.2 Å². The average Bonchev–Trinajstić information content (AvgIpc) is 3.26. The van der Waals surface area contributed by atoms with Crippen LogP contribution in [-0.2, 0) is 11.2 Å². The summed E-state index contributed by atoms with van der Waals surface area (Å²) in [5, 5.41) is 0.811. The molecule has 4 aromatic rings. The number of carbonyl (C=O) groups excluding carboxylic acids is 1. The minimum atomic E-state index is -0.220. The van der Waals surface area contributed by atoms with Crippen molar-refractivity contribution in [3.63, 3.8) is 0 Å². The van der Waals surface area contributed by atoms with Gasteiger partial charge < -0.3 is 9.30 Å². The van der Waals surface area contributed by atoms with Crippen molar-refractivity contribution in [1.29, 1.82) is 0 Å². The summed E-state index contributed by atoms with van der Waals surface area (Å²) in [6.07, 6.45) is 5.87. The number of ether oxygens (including phenoxy) is 1. The molecule has 0 N–H and O–H groups in total. The van der Waals surface area contributed by atoms with Gasteiger partial charge in [0, 0.05) is 25.1 Å². The van der Waals surface area contributed by atoms with E-state index in [4.69, 9.17) is 14.7 Å². The third kappa shape index (κ3) is 3.26. The summed E-state index contributed by atoms with van der Waals surface area (Å²) in [6.45, 7) is 8.43. The number of aromatic nitrogens is 4. The number of rotatable bonds is 7. The fourth-order valence-corrected chi connectivity index (χ4v) is 3.82. The van der Waals surface area contributed by atoms with Gasteiger partial charge in [0.2, 0.25) is 0 Å². The standard InChI is InChI=1S/C23H28N4O2/c1-5-10-19-25-22-21(23-24-16-12-8-9-13-17(16)27(19)23)18(29-20(28)11-6-2)14-26(22)15(4)7-3/h8-9,12-15H,5-7,10-11H2,1-4H3. The van der Waals surface area contributed by atoms with Gasteiger partial charge in [0.15, 0.2) is 11.4 Å². The Morgan fingerprint density at radius 2 is 1.90 bits per heavy atom. The van der Waals surface area contributed by atoms with Gasteiger partial charge in [-0.25, -0.2) is 9.97 Å². The van der Waals surface area contributed by atoms with E-state index in [2.05, 4.69) is 35.8 Å². The normalized spacial score (nSPS) is 12.8. The lowest BCUT2D eigenvalue weighted by Crippen LogP contribution is -2.07. The molecule has 1 aromatic carbocycles. The van der Waals surface area contributed by atoms with Crippen molar-refractivity contribution in [3.05, 3.63) is 36.3 Å². The molecule has 0 bridgehead atoms. The average molecular weight is 393 g/mol. The molecular formula is C23H28N4O2. The predicted octanol–water partition coefficient (Wildman–Crippen LogP) is 5.47. The molecule has 152 valence electrons. The zero-order valence-electron chi connectivity index (χ0n) is 17.6. The summed E-state index contributed by atoms with van der Waals surface area (Å²) in [6, 6.07) is 8.33. The molecule has 0 saturated carbocycles. The van der Waals surface area contributed by atoms with Crippen molar-refractivity contribution < 1.29 is 9.53 Å². The summed E-state index contributed by atoms with van der Waals surface area (Å²) in [4.78, 5) is 22.3. The van der Waals surface area contributed by atoms with Crippen LogP contribution in [0.2, 0.25) is 0 Å². The van der Waals surface area contributed by atoms with Crippen molar-refractivity contribution in [2.24, 2.45) is 0 Å². The lowest BCUT2D eigenvalue weighted by molar-refractivity contribution is -0.134. The van der Waals surface area contributed by atoms with Crippen LogP contribution >= 0.6 is 0 Å². The topological polar surface area (TPSA) is 61.4 Å². The molecule has 0 radical (unpaired) electrons. The highest BCUT2D eigenvalue weighted by molar-refractivity contribution is 6.01. The molecule has 6 nitrogen and oxygen atoms in total. The molecular weight excluding hydrogens is 364 g/mol. The molecule has 0 amide bonds. The van der Waals surface area contributed by atoms with Crippen LogP contribution < -0.4 is 4.74 Å². The van der Waals surface area contributed by atoms with Gasteiger partial charge in [-0.15, -0.1) is 0 Å². The number of hydrogen-bond donors (Lipinski definition) is 0. The second-order valence-electron chi connectivity index (χ2n) is 7.62. The fourth-order valence-electron chi connectivity index (χ4n) is 3.82. The molecule has 0 fully saturated rings. The highest BCUT2D eigenvalue weighted by Gasteiger charge is 2.23. The van der Waals surface area contributed by atoms with Crippen molar-refractivity contribution in [3.8, 4) is 5.75 Å². The number of esters is 1. The number of para-hydroxylation sites is 2. The van der Waals surface area contributed by atoms with Crippen LogP contribution in [-0.4, -0.2) is 24.9 Å². The van der Waals surface area contributed by atoms with Gasteiger partial charge in [0.1, 0.15) is 16.9 Å². The Morgan fingerprint density at radius 3 is 2.62 bits per heavy atom. The zero-order valence-corrected chi connectivity index (χ0v) is 17.6. The van der Waals surface area contributed by atoms with Gasteiger partial charge in [0.25, 0.3) is 0 Å². The number of imidazole rings is 1. The summed E-state index contributed by atoms with van der Waals surface area (Å²) in [5.41, 5.74) is 3.59.